The summed E-state index contributed by atoms with van der Waals surface area (Å²) >= 11 is 0. The first-order chi connectivity index (χ1) is 5.66. The van der Waals surface area contributed by atoms with Crippen molar-refractivity contribution in [3.05, 3.63) is 0 Å². The number of likely N-dealkylation sites (tertiary alicyclic amines) is 1. The highest BCUT2D eigenvalue weighted by Gasteiger charge is 2.30. The number of nitrogens with zero attached hydrogens (tertiary/aromatic N) is 1. The summed E-state index contributed by atoms with van der Waals surface area (Å²) in [4.78, 5) is 13.5. The van der Waals surface area contributed by atoms with E-state index in [1.165, 1.54) is 0 Å². The van der Waals surface area contributed by atoms with Gasteiger partial charge in [-0.15, -0.1) is 12.4 Å². The summed E-state index contributed by atoms with van der Waals surface area (Å²) in [6, 6.07) is 0.863. The van der Waals surface area contributed by atoms with Gasteiger partial charge in [-0.3, -0.25) is 4.79 Å². The van der Waals surface area contributed by atoms with E-state index in [-0.39, 0.29) is 18.3 Å². The van der Waals surface area contributed by atoms with E-state index in [1.807, 2.05) is 11.9 Å². The quantitative estimate of drug-likeness (QED) is 0.732. The van der Waals surface area contributed by atoms with Crippen LogP contribution in [-0.2, 0) is 4.79 Å². The third-order valence-electron chi connectivity index (χ3n) is 2.57. The summed E-state index contributed by atoms with van der Waals surface area (Å²) in [5, 5.41) is 2.89. The minimum absolute atomic E-state index is 0. The molecule has 1 fully saturated rings. The number of hydrogen-bond acceptors (Lipinski definition) is 2. The highest BCUT2D eigenvalue weighted by atomic mass is 35.5. The summed E-state index contributed by atoms with van der Waals surface area (Å²) in [6.45, 7) is 4.71. The summed E-state index contributed by atoms with van der Waals surface area (Å²) < 4.78 is 0. The molecule has 0 aliphatic carbocycles. The van der Waals surface area contributed by atoms with Gasteiger partial charge in [0.15, 0.2) is 0 Å². The molecule has 1 saturated heterocycles. The molecule has 78 valence electrons. The van der Waals surface area contributed by atoms with E-state index in [0.717, 1.165) is 12.8 Å². The van der Waals surface area contributed by atoms with Crippen LogP contribution in [0, 0.1) is 0 Å². The molecule has 1 aliphatic rings. The Morgan fingerprint density at radius 2 is 1.85 bits per heavy atom. The van der Waals surface area contributed by atoms with Gasteiger partial charge >= 0.3 is 0 Å². The van der Waals surface area contributed by atoms with Gasteiger partial charge in [-0.05, 0) is 33.7 Å². The molecule has 1 amide bonds. The van der Waals surface area contributed by atoms with E-state index in [2.05, 4.69) is 19.2 Å². The lowest BCUT2D eigenvalue weighted by atomic mass is 10.2. The Bertz CT molecular complexity index is 165. The maximum Gasteiger partial charge on any atom is 0.236 e. The Hall–Kier alpha value is -0.280. The van der Waals surface area contributed by atoms with Crippen molar-refractivity contribution in [3.63, 3.8) is 0 Å². The van der Waals surface area contributed by atoms with Gasteiger partial charge in [0.25, 0.3) is 0 Å². The highest BCUT2D eigenvalue weighted by molar-refractivity contribution is 5.85. The molecular formula is C9H19ClN2O. The van der Waals surface area contributed by atoms with E-state index in [9.17, 15) is 4.79 Å². The number of amides is 1. The smallest absolute Gasteiger partial charge is 0.236 e. The summed E-state index contributed by atoms with van der Waals surface area (Å²) in [7, 11) is 1.81. The SMILES string of the molecule is CNCC(=O)N1C(C)CCC1C.Cl. The van der Waals surface area contributed by atoms with E-state index in [0.29, 0.717) is 18.6 Å². The molecule has 2 atom stereocenters. The van der Waals surface area contributed by atoms with Gasteiger partial charge in [-0.25, -0.2) is 0 Å². The van der Waals surface area contributed by atoms with Gasteiger partial charge in [0, 0.05) is 12.1 Å². The van der Waals surface area contributed by atoms with Crippen LogP contribution >= 0.6 is 12.4 Å². The van der Waals surface area contributed by atoms with Crippen molar-refractivity contribution < 1.29 is 4.79 Å². The van der Waals surface area contributed by atoms with Crippen LogP contribution in [0.5, 0.6) is 0 Å². The van der Waals surface area contributed by atoms with Gasteiger partial charge in [0.2, 0.25) is 5.91 Å². The highest BCUT2D eigenvalue weighted by Crippen LogP contribution is 2.22. The minimum atomic E-state index is 0. The first kappa shape index (κ1) is 12.7. The number of rotatable bonds is 2. The number of halogens is 1. The lowest BCUT2D eigenvalue weighted by Gasteiger charge is -2.26. The number of carbonyl (C=O) groups excluding carboxylic acids is 1. The fourth-order valence-electron chi connectivity index (χ4n) is 1.93. The first-order valence-corrected chi connectivity index (χ1v) is 4.62. The molecule has 13 heavy (non-hydrogen) atoms. The average Bonchev–Trinajstić information content (AvgIpc) is 2.32. The second kappa shape index (κ2) is 5.45. The summed E-state index contributed by atoms with van der Waals surface area (Å²) in [6.07, 6.45) is 2.30. The van der Waals surface area contributed by atoms with Crippen molar-refractivity contribution >= 4 is 18.3 Å². The predicted molar refractivity (Wildman–Crippen MR) is 56.2 cm³/mol. The zero-order chi connectivity index (χ0) is 9.14. The monoisotopic (exact) mass is 206 g/mol. The molecule has 1 N–H and O–H groups in total. The zero-order valence-corrected chi connectivity index (χ0v) is 9.36. The van der Waals surface area contributed by atoms with Crippen LogP contribution in [0.4, 0.5) is 0 Å². The van der Waals surface area contributed by atoms with Crippen LogP contribution in [0.15, 0.2) is 0 Å². The normalized spacial score (nSPS) is 27.2. The number of likely N-dealkylation sites (N-methyl/N-ethyl adjacent to an activating group) is 1. The topological polar surface area (TPSA) is 32.3 Å². The first-order valence-electron chi connectivity index (χ1n) is 4.62. The Labute approximate surface area is 86.3 Å². The van der Waals surface area contributed by atoms with Crippen molar-refractivity contribution in [2.45, 2.75) is 38.8 Å². The van der Waals surface area contributed by atoms with E-state index in [1.54, 1.807) is 0 Å². The van der Waals surface area contributed by atoms with E-state index in [4.69, 9.17) is 0 Å². The molecule has 0 aromatic carbocycles. The Kier molecular flexibility index (Phi) is 5.33. The minimum Gasteiger partial charge on any atom is -0.336 e. The third-order valence-corrected chi connectivity index (χ3v) is 2.57. The van der Waals surface area contributed by atoms with Crippen LogP contribution in [-0.4, -0.2) is 36.5 Å². The molecule has 0 bridgehead atoms. The molecule has 0 radical (unpaired) electrons. The molecule has 1 aliphatic heterocycles. The molecule has 3 nitrogen and oxygen atoms in total. The predicted octanol–water partition coefficient (Wildman–Crippen LogP) is 1.03. The summed E-state index contributed by atoms with van der Waals surface area (Å²) in [5.41, 5.74) is 0. The number of carbonyl (C=O) groups is 1. The average molecular weight is 207 g/mol. The van der Waals surface area contributed by atoms with Crippen molar-refractivity contribution in [1.82, 2.24) is 10.2 Å². The zero-order valence-electron chi connectivity index (χ0n) is 8.54. The Balaban J connectivity index is 0.00000144. The van der Waals surface area contributed by atoms with Crippen LogP contribution < -0.4 is 5.32 Å². The van der Waals surface area contributed by atoms with Gasteiger partial charge < -0.3 is 10.2 Å². The standard InChI is InChI=1S/C9H18N2O.ClH/c1-7-4-5-8(2)11(7)9(12)6-10-3;/h7-8,10H,4-6H2,1-3H3;1H. The second-order valence-corrected chi connectivity index (χ2v) is 3.61. The van der Waals surface area contributed by atoms with Crippen LogP contribution in [0.2, 0.25) is 0 Å². The van der Waals surface area contributed by atoms with Crippen molar-refractivity contribution in [2.75, 3.05) is 13.6 Å². The van der Waals surface area contributed by atoms with Crippen molar-refractivity contribution in [2.24, 2.45) is 0 Å². The molecular weight excluding hydrogens is 188 g/mol. The molecule has 0 aromatic rings. The maximum atomic E-state index is 11.5. The van der Waals surface area contributed by atoms with Crippen LogP contribution in [0.1, 0.15) is 26.7 Å². The van der Waals surface area contributed by atoms with Gasteiger partial charge in [-0.2, -0.15) is 0 Å². The molecule has 0 saturated carbocycles. The lowest BCUT2D eigenvalue weighted by molar-refractivity contribution is -0.132. The number of nitrogens with one attached hydrogen (secondary N) is 1. The van der Waals surface area contributed by atoms with Gasteiger partial charge in [0.1, 0.15) is 0 Å². The molecule has 0 aromatic heterocycles. The fourth-order valence-corrected chi connectivity index (χ4v) is 1.93. The van der Waals surface area contributed by atoms with E-state index < -0.39 is 0 Å². The van der Waals surface area contributed by atoms with Crippen molar-refractivity contribution in [3.8, 4) is 0 Å². The molecule has 4 heteroatoms. The molecule has 2 unspecified atom stereocenters. The molecule has 1 rings (SSSR count). The van der Waals surface area contributed by atoms with E-state index >= 15 is 0 Å². The Morgan fingerprint density at radius 3 is 2.23 bits per heavy atom. The molecule has 1 heterocycles. The lowest BCUT2D eigenvalue weighted by Crippen LogP contribution is -2.42. The van der Waals surface area contributed by atoms with Gasteiger partial charge in [0.05, 0.1) is 6.54 Å². The molecule has 0 spiro atoms. The maximum absolute atomic E-state index is 11.5. The fraction of sp³-hybridized carbons (Fsp3) is 0.889. The second-order valence-electron chi connectivity index (χ2n) is 3.61. The van der Waals surface area contributed by atoms with Crippen LogP contribution in [0.3, 0.4) is 0 Å². The van der Waals surface area contributed by atoms with Crippen molar-refractivity contribution in [1.29, 1.82) is 0 Å². The van der Waals surface area contributed by atoms with Crippen LogP contribution in [0.25, 0.3) is 0 Å². The Morgan fingerprint density at radius 1 is 1.38 bits per heavy atom. The number of hydrogen-bond donors (Lipinski definition) is 1. The third kappa shape index (κ3) is 2.85. The van der Waals surface area contributed by atoms with Gasteiger partial charge in [-0.1, -0.05) is 0 Å². The summed E-state index contributed by atoms with van der Waals surface area (Å²) in [5.74, 6) is 0.231. The largest absolute Gasteiger partial charge is 0.336 e.